The Labute approximate surface area is 124 Å². The van der Waals surface area contributed by atoms with E-state index in [0.29, 0.717) is 6.54 Å². The van der Waals surface area contributed by atoms with Crippen LogP contribution in [0.1, 0.15) is 30.1 Å². The number of sulfonamides is 1. The normalized spacial score (nSPS) is 19.7. The molecule has 0 spiro atoms. The lowest BCUT2D eigenvalue weighted by Gasteiger charge is -2.23. The monoisotopic (exact) mass is 303 g/mol. The predicted octanol–water partition coefficient (Wildman–Crippen LogP) is 2.14. The minimum absolute atomic E-state index is 0.0371. The maximum Gasteiger partial charge on any atom is 0.218 e. The summed E-state index contributed by atoms with van der Waals surface area (Å²) < 4.78 is 26.9. The van der Waals surface area contributed by atoms with E-state index in [0.717, 1.165) is 24.1 Å². The third-order valence-corrected chi connectivity index (χ3v) is 5.55. The summed E-state index contributed by atoms with van der Waals surface area (Å²) in [6.45, 7) is 0.559. The molecule has 21 heavy (non-hydrogen) atoms. The van der Waals surface area contributed by atoms with Crippen molar-refractivity contribution in [2.75, 3.05) is 6.54 Å². The highest BCUT2D eigenvalue weighted by Crippen LogP contribution is 2.33. The lowest BCUT2D eigenvalue weighted by atomic mass is 10.1. The van der Waals surface area contributed by atoms with Crippen molar-refractivity contribution in [1.82, 2.24) is 14.3 Å². The molecular formula is C15H17N3O2S. The maximum atomic E-state index is 12.7. The second kappa shape index (κ2) is 5.91. The van der Waals surface area contributed by atoms with Gasteiger partial charge in [-0.25, -0.2) is 18.4 Å². The van der Waals surface area contributed by atoms with Crippen LogP contribution in [0, 0.1) is 0 Å². The van der Waals surface area contributed by atoms with Crippen LogP contribution in [-0.4, -0.2) is 29.2 Å². The summed E-state index contributed by atoms with van der Waals surface area (Å²) in [6, 6.07) is 10.9. The fourth-order valence-electron chi connectivity index (χ4n) is 2.73. The summed E-state index contributed by atoms with van der Waals surface area (Å²) in [7, 11) is -3.34. The quantitative estimate of drug-likeness (QED) is 0.868. The first-order valence-electron chi connectivity index (χ1n) is 6.96. The molecule has 1 aromatic heterocycles. The lowest BCUT2D eigenvalue weighted by Crippen LogP contribution is -2.32. The Kier molecular flexibility index (Phi) is 3.98. The summed E-state index contributed by atoms with van der Waals surface area (Å²) >= 11 is 0. The van der Waals surface area contributed by atoms with Crippen LogP contribution >= 0.6 is 0 Å². The van der Waals surface area contributed by atoms with Crippen LogP contribution in [-0.2, 0) is 15.8 Å². The van der Waals surface area contributed by atoms with Crippen molar-refractivity contribution < 1.29 is 8.42 Å². The topological polar surface area (TPSA) is 63.2 Å². The minimum Gasteiger partial charge on any atom is -0.245 e. The van der Waals surface area contributed by atoms with Gasteiger partial charge in [-0.2, -0.15) is 4.31 Å². The van der Waals surface area contributed by atoms with Gasteiger partial charge in [0.1, 0.15) is 6.33 Å². The molecular weight excluding hydrogens is 286 g/mol. The highest BCUT2D eigenvalue weighted by molar-refractivity contribution is 7.88. The minimum atomic E-state index is -3.34. The fourth-order valence-corrected chi connectivity index (χ4v) is 4.52. The van der Waals surface area contributed by atoms with Gasteiger partial charge in [0.05, 0.1) is 17.5 Å². The van der Waals surface area contributed by atoms with Gasteiger partial charge < -0.3 is 0 Å². The van der Waals surface area contributed by atoms with Crippen LogP contribution in [0.25, 0.3) is 0 Å². The van der Waals surface area contributed by atoms with Crippen LogP contribution in [0.4, 0.5) is 0 Å². The second-order valence-electron chi connectivity index (χ2n) is 5.14. The number of benzene rings is 1. The standard InChI is InChI=1S/C15H17N3O2S/c19-21(20,11-13-5-2-1-3-6-13)18-10-4-7-15(18)14-8-9-16-12-17-14/h1-3,5-6,8-9,12,15H,4,7,10-11H2/t15-/m0/s1. The molecule has 2 aromatic rings. The first-order valence-corrected chi connectivity index (χ1v) is 8.57. The van der Waals surface area contributed by atoms with Gasteiger partial charge in [-0.15, -0.1) is 0 Å². The third kappa shape index (κ3) is 3.11. The average Bonchev–Trinajstić information content (AvgIpc) is 2.99. The average molecular weight is 303 g/mol. The van der Waals surface area contributed by atoms with E-state index in [-0.39, 0.29) is 11.8 Å². The molecule has 1 atom stereocenters. The van der Waals surface area contributed by atoms with Gasteiger partial charge >= 0.3 is 0 Å². The van der Waals surface area contributed by atoms with Crippen molar-refractivity contribution in [3.05, 3.63) is 60.2 Å². The van der Waals surface area contributed by atoms with Crippen LogP contribution in [0.2, 0.25) is 0 Å². The molecule has 1 aromatic carbocycles. The van der Waals surface area contributed by atoms with Gasteiger partial charge in [0.2, 0.25) is 10.0 Å². The third-order valence-electron chi connectivity index (χ3n) is 3.70. The largest absolute Gasteiger partial charge is 0.245 e. The summed E-state index contributed by atoms with van der Waals surface area (Å²) in [5.74, 6) is 0.0371. The Hall–Kier alpha value is -1.79. The number of hydrogen-bond acceptors (Lipinski definition) is 4. The molecule has 1 aliphatic rings. The highest BCUT2D eigenvalue weighted by atomic mass is 32.2. The zero-order valence-corrected chi connectivity index (χ0v) is 12.4. The molecule has 2 heterocycles. The van der Waals surface area contributed by atoms with Crippen molar-refractivity contribution in [2.45, 2.75) is 24.6 Å². The van der Waals surface area contributed by atoms with Gasteiger partial charge in [-0.3, -0.25) is 0 Å². The van der Waals surface area contributed by atoms with E-state index in [1.165, 1.54) is 6.33 Å². The van der Waals surface area contributed by atoms with E-state index >= 15 is 0 Å². The summed E-state index contributed by atoms with van der Waals surface area (Å²) in [4.78, 5) is 8.11. The molecule has 0 unspecified atom stereocenters. The zero-order chi connectivity index (χ0) is 14.7. The first-order chi connectivity index (χ1) is 10.2. The molecule has 1 fully saturated rings. The Morgan fingerprint density at radius 2 is 2.00 bits per heavy atom. The van der Waals surface area contributed by atoms with Crippen LogP contribution in [0.3, 0.4) is 0 Å². The second-order valence-corrected chi connectivity index (χ2v) is 7.07. The maximum absolute atomic E-state index is 12.7. The number of hydrogen-bond donors (Lipinski definition) is 0. The number of rotatable bonds is 4. The molecule has 0 amide bonds. The smallest absolute Gasteiger partial charge is 0.218 e. The molecule has 0 bridgehead atoms. The fraction of sp³-hybridized carbons (Fsp3) is 0.333. The van der Waals surface area contributed by atoms with Gasteiger partial charge in [-0.05, 0) is 24.5 Å². The van der Waals surface area contributed by atoms with E-state index < -0.39 is 10.0 Å². The van der Waals surface area contributed by atoms with Crippen LogP contribution in [0.5, 0.6) is 0 Å². The lowest BCUT2D eigenvalue weighted by molar-refractivity contribution is 0.389. The van der Waals surface area contributed by atoms with E-state index in [4.69, 9.17) is 0 Å². The van der Waals surface area contributed by atoms with Crippen LogP contribution < -0.4 is 0 Å². The Morgan fingerprint density at radius 1 is 1.19 bits per heavy atom. The molecule has 110 valence electrons. The molecule has 0 aliphatic carbocycles. The molecule has 0 N–H and O–H groups in total. The van der Waals surface area contributed by atoms with Crippen molar-refractivity contribution in [3.63, 3.8) is 0 Å². The van der Waals surface area contributed by atoms with Gasteiger partial charge in [0.25, 0.3) is 0 Å². The van der Waals surface area contributed by atoms with Gasteiger partial charge in [0, 0.05) is 12.7 Å². The number of nitrogens with zero attached hydrogens (tertiary/aromatic N) is 3. The molecule has 1 aliphatic heterocycles. The Balaban J connectivity index is 1.84. The summed E-state index contributed by atoms with van der Waals surface area (Å²) in [5, 5.41) is 0. The van der Waals surface area contributed by atoms with Gasteiger partial charge in [-0.1, -0.05) is 30.3 Å². The number of aromatic nitrogens is 2. The molecule has 3 rings (SSSR count). The molecule has 0 saturated carbocycles. The Bertz CT molecular complexity index is 689. The van der Waals surface area contributed by atoms with Crippen molar-refractivity contribution in [2.24, 2.45) is 0 Å². The van der Waals surface area contributed by atoms with Crippen molar-refractivity contribution in [1.29, 1.82) is 0 Å². The zero-order valence-electron chi connectivity index (χ0n) is 11.6. The predicted molar refractivity (Wildman–Crippen MR) is 79.8 cm³/mol. The highest BCUT2D eigenvalue weighted by Gasteiger charge is 2.35. The molecule has 5 nitrogen and oxygen atoms in total. The van der Waals surface area contributed by atoms with Gasteiger partial charge in [0.15, 0.2) is 0 Å². The van der Waals surface area contributed by atoms with Crippen molar-refractivity contribution >= 4 is 10.0 Å². The SMILES string of the molecule is O=S(=O)(Cc1ccccc1)N1CCC[C@H]1c1ccncn1. The van der Waals surface area contributed by atoms with E-state index in [1.54, 1.807) is 16.6 Å². The van der Waals surface area contributed by atoms with E-state index in [9.17, 15) is 8.42 Å². The summed E-state index contributed by atoms with van der Waals surface area (Å²) in [5.41, 5.74) is 1.59. The molecule has 6 heteroatoms. The molecule has 0 radical (unpaired) electrons. The van der Waals surface area contributed by atoms with E-state index in [2.05, 4.69) is 9.97 Å². The Morgan fingerprint density at radius 3 is 2.71 bits per heavy atom. The van der Waals surface area contributed by atoms with Crippen molar-refractivity contribution in [3.8, 4) is 0 Å². The first kappa shape index (κ1) is 14.2. The van der Waals surface area contributed by atoms with Crippen LogP contribution in [0.15, 0.2) is 48.9 Å². The van der Waals surface area contributed by atoms with E-state index in [1.807, 2.05) is 30.3 Å². The molecule has 1 saturated heterocycles. The summed E-state index contributed by atoms with van der Waals surface area (Å²) in [6.07, 6.45) is 4.80.